The molecule has 1 saturated carbocycles. The van der Waals surface area contributed by atoms with Crippen LogP contribution in [-0.2, 0) is 9.59 Å². The van der Waals surface area contributed by atoms with Gasteiger partial charge in [0.05, 0.1) is 12.0 Å². The molecule has 0 radical (unpaired) electrons. The van der Waals surface area contributed by atoms with Crippen molar-refractivity contribution in [3.8, 4) is 0 Å². The van der Waals surface area contributed by atoms with E-state index in [1.165, 1.54) is 0 Å². The predicted molar refractivity (Wildman–Crippen MR) is 57.0 cm³/mol. The minimum Gasteiger partial charge on any atom is -0.481 e. The lowest BCUT2D eigenvalue weighted by Gasteiger charge is -2.32. The van der Waals surface area contributed by atoms with E-state index in [0.29, 0.717) is 18.2 Å². The summed E-state index contributed by atoms with van der Waals surface area (Å²) in [5.41, 5.74) is 0. The van der Waals surface area contributed by atoms with Gasteiger partial charge in [-0.2, -0.15) is 0 Å². The highest BCUT2D eigenvalue weighted by atomic mass is 16.4. The summed E-state index contributed by atoms with van der Waals surface area (Å²) >= 11 is 0. The average molecular weight is 223 g/mol. The number of hydrogen-bond acceptors (Lipinski definition) is 3. The van der Waals surface area contributed by atoms with E-state index >= 15 is 0 Å². The Labute approximate surface area is 94.6 Å². The van der Waals surface area contributed by atoms with Crippen molar-refractivity contribution in [2.45, 2.75) is 44.2 Å². The Kier molecular flexibility index (Phi) is 2.28. The highest BCUT2D eigenvalue weighted by Gasteiger charge is 2.52. The second-order valence-electron chi connectivity index (χ2n) is 5.32. The third kappa shape index (κ3) is 1.32. The Morgan fingerprint density at radius 3 is 2.88 bits per heavy atom. The molecule has 3 aliphatic rings. The molecule has 1 N–H and O–H groups in total. The molecule has 0 spiro atoms. The molecule has 16 heavy (non-hydrogen) atoms. The number of carboxylic acids is 1. The van der Waals surface area contributed by atoms with Gasteiger partial charge in [-0.1, -0.05) is 0 Å². The van der Waals surface area contributed by atoms with E-state index in [1.54, 1.807) is 0 Å². The van der Waals surface area contributed by atoms with E-state index in [1.807, 2.05) is 0 Å². The molecular formula is C12H17NO3. The third-order valence-corrected chi connectivity index (χ3v) is 4.58. The summed E-state index contributed by atoms with van der Waals surface area (Å²) < 4.78 is 0. The predicted octanol–water partition coefficient (Wildman–Crippen LogP) is 0.903. The number of carboxylic acid groups (broad SMARTS) is 1. The molecule has 2 saturated heterocycles. The van der Waals surface area contributed by atoms with Gasteiger partial charge in [-0.25, -0.2) is 0 Å². The van der Waals surface area contributed by atoms with Gasteiger partial charge in [-0.3, -0.25) is 14.5 Å². The summed E-state index contributed by atoms with van der Waals surface area (Å²) in [7, 11) is 0. The summed E-state index contributed by atoms with van der Waals surface area (Å²) in [6.45, 7) is 1.04. The number of carbonyl (C=O) groups is 2. The lowest BCUT2D eigenvalue weighted by atomic mass is 9.77. The fraction of sp³-hybridized carbons (Fsp3) is 0.833. The van der Waals surface area contributed by atoms with Crippen LogP contribution in [0.4, 0.5) is 0 Å². The van der Waals surface area contributed by atoms with Crippen molar-refractivity contribution in [1.29, 1.82) is 0 Å². The van der Waals surface area contributed by atoms with E-state index in [2.05, 4.69) is 4.90 Å². The first-order chi connectivity index (χ1) is 7.68. The maximum Gasteiger partial charge on any atom is 0.306 e. The van der Waals surface area contributed by atoms with E-state index < -0.39 is 5.97 Å². The zero-order chi connectivity index (χ0) is 11.3. The van der Waals surface area contributed by atoms with Crippen LogP contribution >= 0.6 is 0 Å². The molecule has 88 valence electrons. The maximum absolute atomic E-state index is 12.2. The Bertz CT molecular complexity index is 341. The molecule has 0 aromatic rings. The molecule has 0 aromatic carbocycles. The van der Waals surface area contributed by atoms with Gasteiger partial charge >= 0.3 is 5.97 Å². The summed E-state index contributed by atoms with van der Waals surface area (Å²) in [6.07, 6.45) is 4.33. The molecule has 0 bridgehead atoms. The van der Waals surface area contributed by atoms with Crippen LogP contribution in [-0.4, -0.2) is 40.4 Å². The van der Waals surface area contributed by atoms with Crippen molar-refractivity contribution in [3.05, 3.63) is 0 Å². The maximum atomic E-state index is 12.2. The van der Waals surface area contributed by atoms with E-state index in [4.69, 9.17) is 5.11 Å². The highest BCUT2D eigenvalue weighted by Crippen LogP contribution is 2.43. The van der Waals surface area contributed by atoms with Gasteiger partial charge in [0.1, 0.15) is 0 Å². The Balaban J connectivity index is 1.80. The van der Waals surface area contributed by atoms with Crippen molar-refractivity contribution in [2.24, 2.45) is 11.8 Å². The molecule has 0 unspecified atom stereocenters. The first-order valence-electron chi connectivity index (χ1n) is 6.21. The number of nitrogens with zero attached hydrogens (tertiary/aromatic N) is 1. The number of fused-ring (bicyclic) bond motifs is 3. The number of carbonyl (C=O) groups excluding carboxylic acids is 1. The SMILES string of the molecule is O=C(O)[C@H]1CC[C@@H]2[C@@H](C1)C(=O)[C@@H]1CCCN21. The molecule has 2 aliphatic heterocycles. The monoisotopic (exact) mass is 223 g/mol. The lowest BCUT2D eigenvalue weighted by molar-refractivity contribution is -0.143. The topological polar surface area (TPSA) is 57.6 Å². The van der Waals surface area contributed by atoms with Crippen LogP contribution in [0, 0.1) is 11.8 Å². The number of rotatable bonds is 1. The first-order valence-corrected chi connectivity index (χ1v) is 6.21. The van der Waals surface area contributed by atoms with Crippen LogP contribution in [0.5, 0.6) is 0 Å². The van der Waals surface area contributed by atoms with Gasteiger partial charge in [0.2, 0.25) is 0 Å². The van der Waals surface area contributed by atoms with Crippen LogP contribution < -0.4 is 0 Å². The van der Waals surface area contributed by atoms with Gasteiger partial charge in [0, 0.05) is 12.0 Å². The number of Topliss-reactive ketones (excluding diaryl/α,β-unsaturated/α-hetero) is 1. The molecule has 4 atom stereocenters. The zero-order valence-corrected chi connectivity index (χ0v) is 9.26. The van der Waals surface area contributed by atoms with E-state index in [-0.39, 0.29) is 17.9 Å². The van der Waals surface area contributed by atoms with E-state index in [9.17, 15) is 9.59 Å². The summed E-state index contributed by atoms with van der Waals surface area (Å²) in [5, 5.41) is 9.02. The van der Waals surface area contributed by atoms with Crippen LogP contribution in [0.15, 0.2) is 0 Å². The van der Waals surface area contributed by atoms with Crippen LogP contribution in [0.3, 0.4) is 0 Å². The molecule has 0 amide bonds. The highest BCUT2D eigenvalue weighted by molar-refractivity contribution is 5.90. The largest absolute Gasteiger partial charge is 0.481 e. The van der Waals surface area contributed by atoms with Gasteiger partial charge in [0.15, 0.2) is 5.78 Å². The molecule has 3 fully saturated rings. The van der Waals surface area contributed by atoms with Gasteiger partial charge < -0.3 is 5.11 Å². The summed E-state index contributed by atoms with van der Waals surface area (Å²) in [4.78, 5) is 25.5. The number of aliphatic carboxylic acids is 1. The van der Waals surface area contributed by atoms with Gasteiger partial charge in [-0.15, -0.1) is 0 Å². The van der Waals surface area contributed by atoms with Crippen molar-refractivity contribution in [2.75, 3.05) is 6.54 Å². The van der Waals surface area contributed by atoms with Crippen LogP contribution in [0.25, 0.3) is 0 Å². The Morgan fingerprint density at radius 1 is 1.31 bits per heavy atom. The average Bonchev–Trinajstić information content (AvgIpc) is 2.83. The van der Waals surface area contributed by atoms with Crippen LogP contribution in [0.2, 0.25) is 0 Å². The Morgan fingerprint density at radius 2 is 2.12 bits per heavy atom. The molecule has 4 heteroatoms. The summed E-state index contributed by atoms with van der Waals surface area (Å²) in [6, 6.07) is 0.484. The second kappa shape index (κ2) is 3.55. The number of hydrogen-bond donors (Lipinski definition) is 1. The fourth-order valence-electron chi connectivity index (χ4n) is 3.82. The molecule has 0 aromatic heterocycles. The molecular weight excluding hydrogens is 206 g/mol. The first kappa shape index (κ1) is 10.3. The van der Waals surface area contributed by atoms with Crippen molar-refractivity contribution in [1.82, 2.24) is 4.90 Å². The lowest BCUT2D eigenvalue weighted by Crippen LogP contribution is -2.38. The standard InChI is InChI=1S/C12H17NO3/c14-11-8-6-7(12(15)16)3-4-9(8)13-5-1-2-10(11)13/h7-10H,1-6H2,(H,15,16)/t7-,8+,9+,10-/m0/s1. The second-order valence-corrected chi connectivity index (χ2v) is 5.32. The zero-order valence-electron chi connectivity index (χ0n) is 9.26. The van der Waals surface area contributed by atoms with Crippen LogP contribution in [0.1, 0.15) is 32.1 Å². The van der Waals surface area contributed by atoms with Crippen molar-refractivity contribution < 1.29 is 14.7 Å². The Hall–Kier alpha value is -0.900. The quantitative estimate of drug-likeness (QED) is 0.717. The summed E-state index contributed by atoms with van der Waals surface area (Å²) in [5.74, 6) is -0.669. The smallest absolute Gasteiger partial charge is 0.306 e. The minimum atomic E-state index is -0.724. The third-order valence-electron chi connectivity index (χ3n) is 4.58. The molecule has 1 aliphatic carbocycles. The molecule has 2 heterocycles. The minimum absolute atomic E-state index is 0.0140. The molecule has 3 rings (SSSR count). The number of ketones is 1. The normalized spacial score (nSPS) is 43.1. The van der Waals surface area contributed by atoms with Crippen molar-refractivity contribution in [3.63, 3.8) is 0 Å². The molecule has 4 nitrogen and oxygen atoms in total. The fourth-order valence-corrected chi connectivity index (χ4v) is 3.82. The van der Waals surface area contributed by atoms with Gasteiger partial charge in [-0.05, 0) is 38.6 Å². The van der Waals surface area contributed by atoms with Crippen molar-refractivity contribution >= 4 is 11.8 Å². The van der Waals surface area contributed by atoms with E-state index in [0.717, 1.165) is 32.2 Å². The van der Waals surface area contributed by atoms with Gasteiger partial charge in [0.25, 0.3) is 0 Å².